The summed E-state index contributed by atoms with van der Waals surface area (Å²) in [6.45, 7) is 6.45. The van der Waals surface area contributed by atoms with E-state index in [-0.39, 0.29) is 6.61 Å². The zero-order chi connectivity index (χ0) is 16.4. The van der Waals surface area contributed by atoms with Gasteiger partial charge in [-0.1, -0.05) is 13.3 Å². The molecule has 2 atom stereocenters. The van der Waals surface area contributed by atoms with Crippen LogP contribution in [0.4, 0.5) is 0 Å². The number of nitrogens with zero attached hydrogens (tertiary/aromatic N) is 2. The number of aliphatic imine (C=N–C) groups is 1. The monoisotopic (exact) mass is 323 g/mol. The van der Waals surface area contributed by atoms with E-state index in [0.717, 1.165) is 4.48 Å². The van der Waals surface area contributed by atoms with Gasteiger partial charge in [-0.25, -0.2) is 13.4 Å². The average molecular weight is 323 g/mol. The molecular weight excluding hydrogens is 296 g/mol. The van der Waals surface area contributed by atoms with E-state index >= 15 is 0 Å². The van der Waals surface area contributed by atoms with E-state index in [1.54, 1.807) is 6.92 Å². The molecule has 0 amide bonds. The van der Waals surface area contributed by atoms with Gasteiger partial charge in [-0.05, 0) is 20.3 Å². The van der Waals surface area contributed by atoms with Crippen molar-refractivity contribution in [2.75, 3.05) is 27.3 Å². The molecule has 0 radical (unpaired) electrons. The maximum absolute atomic E-state index is 10.7. The number of unbranched alkanes of at least 4 members (excludes halogenated alkanes) is 1. The number of quaternary nitrogens is 1. The second-order valence-electron chi connectivity index (χ2n) is 4.70. The lowest BCUT2D eigenvalue weighted by molar-refractivity contribution is -0.756. The van der Waals surface area contributed by atoms with Gasteiger partial charge < -0.3 is 4.74 Å². The molecular formula is C13H27N2O5S+. The first kappa shape index (κ1) is 20.2. The molecule has 1 heterocycles. The Kier molecular flexibility index (Phi) is 9.63. The normalized spacial score (nSPS) is 22.0. The minimum Gasteiger partial charge on any atom is -0.355 e. The summed E-state index contributed by atoms with van der Waals surface area (Å²) in [7, 11) is -0.359. The predicted octanol–water partition coefficient (Wildman–Crippen LogP) is 2.02. The average Bonchev–Trinajstić information content (AvgIpc) is 2.84. The second kappa shape index (κ2) is 10.0. The first-order chi connectivity index (χ1) is 9.78. The molecule has 0 aromatic heterocycles. The zero-order valence-corrected chi connectivity index (χ0v) is 14.3. The van der Waals surface area contributed by atoms with Crippen molar-refractivity contribution < 1.29 is 26.0 Å². The fraction of sp³-hybridized carbons (Fsp3) is 0.769. The molecule has 1 rings (SSSR count). The van der Waals surface area contributed by atoms with Crippen LogP contribution in [0.2, 0.25) is 0 Å². The Labute approximate surface area is 128 Å². The third-order valence-corrected chi connectivity index (χ3v) is 3.70. The highest BCUT2D eigenvalue weighted by molar-refractivity contribution is 7.81. The maximum atomic E-state index is 10.7. The molecule has 0 aromatic rings. The summed E-state index contributed by atoms with van der Waals surface area (Å²) in [4.78, 5) is 4.06. The Hall–Kier alpha value is -0.800. The van der Waals surface area contributed by atoms with Crippen molar-refractivity contribution in [1.82, 2.24) is 0 Å². The summed E-state index contributed by atoms with van der Waals surface area (Å²) < 4.78 is 35.4. The molecule has 2 unspecified atom stereocenters. The van der Waals surface area contributed by atoms with E-state index in [2.05, 4.69) is 38.3 Å². The first-order valence-electron chi connectivity index (χ1n) is 6.96. The van der Waals surface area contributed by atoms with Crippen molar-refractivity contribution in [2.45, 2.75) is 39.9 Å². The first-order valence-corrected chi connectivity index (χ1v) is 8.29. The molecule has 0 saturated carbocycles. The van der Waals surface area contributed by atoms with Gasteiger partial charge in [0.25, 0.3) is 0 Å². The third-order valence-electron chi connectivity index (χ3n) is 2.66. The summed E-state index contributed by atoms with van der Waals surface area (Å²) in [5, 5.41) is 0. The van der Waals surface area contributed by atoms with Gasteiger partial charge in [-0.2, -0.15) is 8.42 Å². The van der Waals surface area contributed by atoms with Gasteiger partial charge in [-0.3, -0.25) is 4.48 Å². The number of rotatable bonds is 8. The van der Waals surface area contributed by atoms with Gasteiger partial charge in [0.05, 0.1) is 26.4 Å². The summed E-state index contributed by atoms with van der Waals surface area (Å²) in [6.07, 6.45) is 7.69. The molecule has 0 fully saturated rings. The van der Waals surface area contributed by atoms with Crippen LogP contribution in [0.5, 0.6) is 0 Å². The molecule has 8 heteroatoms. The number of methoxy groups -OCH3 is 1. The molecule has 0 bridgehead atoms. The topological polar surface area (TPSA) is 74.2 Å². The molecule has 0 aliphatic carbocycles. The molecule has 0 spiro atoms. The molecule has 1 aliphatic rings. The number of ether oxygens (including phenoxy) is 1. The predicted molar refractivity (Wildman–Crippen MR) is 81.7 cm³/mol. The highest BCUT2D eigenvalue weighted by Gasteiger charge is 2.17. The van der Waals surface area contributed by atoms with E-state index in [9.17, 15) is 8.42 Å². The highest BCUT2D eigenvalue weighted by atomic mass is 32.3. The molecule has 0 aromatic carbocycles. The van der Waals surface area contributed by atoms with Crippen molar-refractivity contribution in [1.29, 1.82) is 0 Å². The molecule has 0 N–H and O–H groups in total. The summed E-state index contributed by atoms with van der Waals surface area (Å²) in [5.41, 5.74) is 0. The van der Waals surface area contributed by atoms with Crippen LogP contribution in [-0.2, 0) is 23.5 Å². The smallest absolute Gasteiger partial charge is 0.355 e. The summed E-state index contributed by atoms with van der Waals surface area (Å²) in [5.74, 6) is 0. The van der Waals surface area contributed by atoms with Gasteiger partial charge in [-0.15, -0.1) is 0 Å². The standard InChI is InChI=1S/C8H15N2.C5H12O5S/c1-3-4-6-10(2)7-5-9-8-10;1-4-9-11(6,7)10-5(2)8-3/h5,7-8H,3-4,6H2,1-2H3;5H,4H2,1-3H3/q+1;. The van der Waals surface area contributed by atoms with E-state index in [0.29, 0.717) is 0 Å². The fourth-order valence-electron chi connectivity index (χ4n) is 1.43. The lowest BCUT2D eigenvalue weighted by atomic mass is 10.3. The van der Waals surface area contributed by atoms with Crippen molar-refractivity contribution in [2.24, 2.45) is 4.99 Å². The Morgan fingerprint density at radius 2 is 2.00 bits per heavy atom. The SMILES string of the molecule is CCCC[N+]1(C)C=CN=C1.CCOS(=O)(=O)OC(C)OC. The zero-order valence-electron chi connectivity index (χ0n) is 13.5. The Balaban J connectivity index is 0.000000382. The fourth-order valence-corrected chi connectivity index (χ4v) is 2.18. The van der Waals surface area contributed by atoms with Crippen LogP contribution in [0, 0.1) is 0 Å². The quantitative estimate of drug-likeness (QED) is 0.505. The van der Waals surface area contributed by atoms with Gasteiger partial charge in [0, 0.05) is 7.11 Å². The largest absolute Gasteiger partial charge is 0.402 e. The van der Waals surface area contributed by atoms with E-state index in [1.165, 1.54) is 33.4 Å². The minimum atomic E-state index is -3.87. The van der Waals surface area contributed by atoms with Gasteiger partial charge in [0.1, 0.15) is 6.20 Å². The van der Waals surface area contributed by atoms with Crippen LogP contribution >= 0.6 is 0 Å². The van der Waals surface area contributed by atoms with Crippen LogP contribution in [-0.4, -0.2) is 52.8 Å². The third kappa shape index (κ3) is 9.70. The van der Waals surface area contributed by atoms with E-state index in [4.69, 9.17) is 0 Å². The van der Waals surface area contributed by atoms with Crippen molar-refractivity contribution in [3.05, 3.63) is 12.4 Å². The maximum Gasteiger partial charge on any atom is 0.402 e. The lowest BCUT2D eigenvalue weighted by Crippen LogP contribution is -2.35. The lowest BCUT2D eigenvalue weighted by Gasteiger charge is -2.20. The van der Waals surface area contributed by atoms with Gasteiger partial charge >= 0.3 is 10.4 Å². The Bertz CT molecular complexity index is 422. The van der Waals surface area contributed by atoms with Crippen molar-refractivity contribution in [3.8, 4) is 0 Å². The number of hydrogen-bond donors (Lipinski definition) is 0. The molecule has 124 valence electrons. The van der Waals surface area contributed by atoms with Crippen LogP contribution in [0.15, 0.2) is 17.4 Å². The van der Waals surface area contributed by atoms with E-state index in [1.807, 2.05) is 12.5 Å². The molecule has 1 aliphatic heterocycles. The second-order valence-corrected chi connectivity index (χ2v) is 5.95. The molecule has 21 heavy (non-hydrogen) atoms. The van der Waals surface area contributed by atoms with Crippen LogP contribution in [0.1, 0.15) is 33.6 Å². The minimum absolute atomic E-state index is 0.0543. The van der Waals surface area contributed by atoms with Gasteiger partial charge in [0.2, 0.25) is 0 Å². The van der Waals surface area contributed by atoms with Crippen LogP contribution < -0.4 is 0 Å². The van der Waals surface area contributed by atoms with Crippen molar-refractivity contribution >= 4 is 16.7 Å². The van der Waals surface area contributed by atoms with E-state index < -0.39 is 16.7 Å². The van der Waals surface area contributed by atoms with Crippen molar-refractivity contribution in [3.63, 3.8) is 0 Å². The van der Waals surface area contributed by atoms with Crippen LogP contribution in [0.25, 0.3) is 0 Å². The molecule has 0 saturated heterocycles. The van der Waals surface area contributed by atoms with Gasteiger partial charge in [0.15, 0.2) is 12.6 Å². The molecule has 7 nitrogen and oxygen atoms in total. The number of hydrogen-bond acceptors (Lipinski definition) is 6. The summed E-state index contributed by atoms with van der Waals surface area (Å²) in [6, 6.07) is 0. The van der Waals surface area contributed by atoms with Crippen LogP contribution in [0.3, 0.4) is 0 Å². The Morgan fingerprint density at radius 1 is 1.33 bits per heavy atom. The highest BCUT2D eigenvalue weighted by Crippen LogP contribution is 2.08. The summed E-state index contributed by atoms with van der Waals surface area (Å²) >= 11 is 0. The Morgan fingerprint density at radius 3 is 2.43 bits per heavy atom.